The Morgan fingerprint density at radius 3 is 2.65 bits per heavy atom. The SMILES string of the molecule is CN(Cc1ccccc1)c1nc2ncnc(SCC(=O)NCc3ccc(Cl)cc3)c2s1. The van der Waals surface area contributed by atoms with Crippen molar-refractivity contribution >= 4 is 56.1 Å². The number of aromatic nitrogens is 3. The number of hydrogen-bond donors (Lipinski definition) is 1. The maximum absolute atomic E-state index is 12.3. The molecule has 1 N–H and O–H groups in total. The number of nitrogens with zero attached hydrogens (tertiary/aromatic N) is 4. The fourth-order valence-corrected chi connectivity index (χ4v) is 4.91. The molecule has 2 aromatic carbocycles. The third kappa shape index (κ3) is 5.72. The lowest BCUT2D eigenvalue weighted by atomic mass is 10.2. The van der Waals surface area contributed by atoms with Gasteiger partial charge in [0.25, 0.3) is 0 Å². The van der Waals surface area contributed by atoms with E-state index in [-0.39, 0.29) is 11.7 Å². The first kappa shape index (κ1) is 21.5. The van der Waals surface area contributed by atoms with Crippen LogP contribution in [0.4, 0.5) is 5.13 Å². The number of amides is 1. The molecule has 0 saturated heterocycles. The van der Waals surface area contributed by atoms with Crippen molar-refractivity contribution in [2.45, 2.75) is 18.1 Å². The number of halogens is 1. The summed E-state index contributed by atoms with van der Waals surface area (Å²) in [7, 11) is 2.01. The van der Waals surface area contributed by atoms with Gasteiger partial charge >= 0.3 is 0 Å². The van der Waals surface area contributed by atoms with E-state index < -0.39 is 0 Å². The zero-order valence-electron chi connectivity index (χ0n) is 16.8. The van der Waals surface area contributed by atoms with Gasteiger partial charge in [0.05, 0.1) is 5.75 Å². The number of hydrogen-bond acceptors (Lipinski definition) is 7. The third-order valence-corrected chi connectivity index (χ3v) is 7.02. The van der Waals surface area contributed by atoms with E-state index in [9.17, 15) is 4.79 Å². The van der Waals surface area contributed by atoms with Crippen LogP contribution < -0.4 is 10.2 Å². The zero-order chi connectivity index (χ0) is 21.6. The van der Waals surface area contributed by atoms with Gasteiger partial charge in [-0.05, 0) is 23.3 Å². The lowest BCUT2D eigenvalue weighted by Gasteiger charge is -2.15. The van der Waals surface area contributed by atoms with Gasteiger partial charge < -0.3 is 10.2 Å². The molecule has 158 valence electrons. The molecule has 0 aliphatic heterocycles. The number of thiazole rings is 1. The summed E-state index contributed by atoms with van der Waals surface area (Å²) in [6.45, 7) is 1.22. The molecule has 4 rings (SSSR count). The van der Waals surface area contributed by atoms with Crippen molar-refractivity contribution in [2.24, 2.45) is 0 Å². The number of thioether (sulfide) groups is 1. The maximum atomic E-state index is 12.3. The maximum Gasteiger partial charge on any atom is 0.230 e. The predicted octanol–water partition coefficient (Wildman–Crippen LogP) is 4.78. The first-order valence-electron chi connectivity index (χ1n) is 9.59. The van der Waals surface area contributed by atoms with Crippen LogP contribution in [0.25, 0.3) is 10.3 Å². The molecule has 1 amide bonds. The van der Waals surface area contributed by atoms with Gasteiger partial charge in [-0.25, -0.2) is 9.97 Å². The second kappa shape index (κ2) is 10.1. The van der Waals surface area contributed by atoms with Crippen LogP contribution in [-0.4, -0.2) is 33.7 Å². The van der Waals surface area contributed by atoms with Gasteiger partial charge in [0, 0.05) is 25.2 Å². The molecule has 2 aromatic heterocycles. The molecule has 0 aliphatic rings. The van der Waals surface area contributed by atoms with Crippen LogP contribution in [0.1, 0.15) is 11.1 Å². The first-order chi connectivity index (χ1) is 15.1. The summed E-state index contributed by atoms with van der Waals surface area (Å²) >= 11 is 8.82. The summed E-state index contributed by atoms with van der Waals surface area (Å²) in [6.07, 6.45) is 1.50. The predicted molar refractivity (Wildman–Crippen MR) is 128 cm³/mol. The minimum atomic E-state index is -0.0577. The van der Waals surface area contributed by atoms with Crippen LogP contribution in [0.2, 0.25) is 5.02 Å². The lowest BCUT2D eigenvalue weighted by Crippen LogP contribution is -2.24. The molecule has 0 unspecified atom stereocenters. The number of fused-ring (bicyclic) bond motifs is 1. The molecule has 0 radical (unpaired) electrons. The number of anilines is 1. The summed E-state index contributed by atoms with van der Waals surface area (Å²) in [5, 5.41) is 5.23. The highest BCUT2D eigenvalue weighted by atomic mass is 35.5. The Kier molecular flexibility index (Phi) is 7.01. The lowest BCUT2D eigenvalue weighted by molar-refractivity contribution is -0.118. The minimum Gasteiger partial charge on any atom is -0.351 e. The number of benzene rings is 2. The number of carbonyl (C=O) groups is 1. The number of rotatable bonds is 8. The Morgan fingerprint density at radius 2 is 1.87 bits per heavy atom. The van der Waals surface area contributed by atoms with E-state index in [4.69, 9.17) is 11.6 Å². The summed E-state index contributed by atoms with van der Waals surface area (Å²) in [5.74, 6) is 0.213. The molecule has 0 saturated carbocycles. The van der Waals surface area contributed by atoms with Crippen molar-refractivity contribution in [3.8, 4) is 0 Å². The van der Waals surface area contributed by atoms with Gasteiger partial charge in [0.15, 0.2) is 10.8 Å². The highest BCUT2D eigenvalue weighted by molar-refractivity contribution is 8.00. The Morgan fingerprint density at radius 1 is 1.10 bits per heavy atom. The molecule has 2 heterocycles. The van der Waals surface area contributed by atoms with Crippen LogP contribution in [0, 0.1) is 0 Å². The minimum absolute atomic E-state index is 0.0577. The van der Waals surface area contributed by atoms with Gasteiger partial charge in [-0.1, -0.05) is 77.2 Å². The monoisotopic (exact) mass is 469 g/mol. The Bertz CT molecular complexity index is 1170. The summed E-state index contributed by atoms with van der Waals surface area (Å²) < 4.78 is 0.896. The highest BCUT2D eigenvalue weighted by Crippen LogP contribution is 2.33. The molecule has 0 spiro atoms. The van der Waals surface area contributed by atoms with Crippen molar-refractivity contribution in [1.82, 2.24) is 20.3 Å². The number of nitrogens with one attached hydrogen (secondary N) is 1. The van der Waals surface area contributed by atoms with Gasteiger partial charge in [-0.3, -0.25) is 4.79 Å². The van der Waals surface area contributed by atoms with Crippen LogP contribution in [-0.2, 0) is 17.9 Å². The number of carbonyl (C=O) groups excluding carboxylic acids is 1. The fourth-order valence-electron chi connectivity index (χ4n) is 2.90. The average molecular weight is 470 g/mol. The second-order valence-electron chi connectivity index (χ2n) is 6.86. The van der Waals surface area contributed by atoms with E-state index in [0.29, 0.717) is 17.2 Å². The Hall–Kier alpha value is -2.68. The summed E-state index contributed by atoms with van der Waals surface area (Å²) in [5.41, 5.74) is 2.86. The molecule has 31 heavy (non-hydrogen) atoms. The molecule has 0 fully saturated rings. The van der Waals surface area contributed by atoms with Crippen LogP contribution in [0.5, 0.6) is 0 Å². The van der Waals surface area contributed by atoms with Crippen LogP contribution in [0.15, 0.2) is 66.0 Å². The van der Waals surface area contributed by atoms with Gasteiger partial charge in [-0.15, -0.1) is 0 Å². The summed E-state index contributed by atoms with van der Waals surface area (Å²) in [4.78, 5) is 27.7. The van der Waals surface area contributed by atoms with Gasteiger partial charge in [0.2, 0.25) is 5.91 Å². The van der Waals surface area contributed by atoms with Crippen molar-refractivity contribution in [1.29, 1.82) is 0 Å². The standard InChI is InChI=1S/C22H20ClN5OS2/c1-28(12-16-5-3-2-4-6-16)22-27-20-19(31-22)21(26-14-25-20)30-13-18(29)24-11-15-7-9-17(23)10-8-15/h2-10,14H,11-13H2,1H3,(H,24,29). The van der Waals surface area contributed by atoms with E-state index in [2.05, 4.69) is 37.3 Å². The van der Waals surface area contributed by atoms with E-state index in [0.717, 1.165) is 27.0 Å². The van der Waals surface area contributed by atoms with E-state index in [1.165, 1.54) is 35.0 Å². The third-order valence-electron chi connectivity index (χ3n) is 4.48. The summed E-state index contributed by atoms with van der Waals surface area (Å²) in [6, 6.07) is 17.7. The van der Waals surface area contributed by atoms with Crippen LogP contribution in [0.3, 0.4) is 0 Å². The fraction of sp³-hybridized carbons (Fsp3) is 0.182. The smallest absolute Gasteiger partial charge is 0.230 e. The topological polar surface area (TPSA) is 71.0 Å². The zero-order valence-corrected chi connectivity index (χ0v) is 19.2. The Labute approximate surface area is 193 Å². The molecular formula is C22H20ClN5OS2. The molecule has 0 atom stereocenters. The normalized spacial score (nSPS) is 10.9. The van der Waals surface area contributed by atoms with Crippen molar-refractivity contribution in [3.63, 3.8) is 0 Å². The van der Waals surface area contributed by atoms with E-state index in [1.54, 1.807) is 0 Å². The molecule has 0 bridgehead atoms. The van der Waals surface area contributed by atoms with E-state index in [1.807, 2.05) is 49.5 Å². The van der Waals surface area contributed by atoms with Gasteiger partial charge in [-0.2, -0.15) is 4.98 Å². The van der Waals surface area contributed by atoms with E-state index >= 15 is 0 Å². The average Bonchev–Trinajstić information content (AvgIpc) is 3.23. The quantitative estimate of drug-likeness (QED) is 0.295. The second-order valence-corrected chi connectivity index (χ2v) is 9.24. The molecule has 6 nitrogen and oxygen atoms in total. The van der Waals surface area contributed by atoms with Crippen molar-refractivity contribution < 1.29 is 4.79 Å². The molecule has 4 aromatic rings. The van der Waals surface area contributed by atoms with Crippen LogP contribution >= 0.6 is 34.7 Å². The molecule has 9 heteroatoms. The Balaban J connectivity index is 1.38. The molecule has 0 aliphatic carbocycles. The largest absolute Gasteiger partial charge is 0.351 e. The first-order valence-corrected chi connectivity index (χ1v) is 11.8. The van der Waals surface area contributed by atoms with Crippen molar-refractivity contribution in [2.75, 3.05) is 17.7 Å². The molecular weight excluding hydrogens is 450 g/mol. The van der Waals surface area contributed by atoms with Crippen molar-refractivity contribution in [3.05, 3.63) is 77.1 Å². The highest BCUT2D eigenvalue weighted by Gasteiger charge is 2.15. The van der Waals surface area contributed by atoms with Gasteiger partial charge in [0.1, 0.15) is 16.1 Å².